The van der Waals surface area contributed by atoms with Crippen molar-refractivity contribution in [3.8, 4) is 0 Å². The van der Waals surface area contributed by atoms with Crippen LogP contribution in [-0.2, 0) is 16.1 Å². The van der Waals surface area contributed by atoms with Crippen molar-refractivity contribution >= 4 is 12.0 Å². The highest BCUT2D eigenvalue weighted by Crippen LogP contribution is 2.15. The summed E-state index contributed by atoms with van der Waals surface area (Å²) in [5.41, 5.74) is 2.23. The molecule has 0 fully saturated rings. The number of hydrogen-bond donors (Lipinski definition) is 0. The molecule has 0 heterocycles. The number of carbonyl (C=O) groups is 2. The van der Waals surface area contributed by atoms with E-state index in [4.69, 9.17) is 4.74 Å². The monoisotopic (exact) mass is 320 g/mol. The molecule has 0 aliphatic rings. The molecule has 23 heavy (non-hydrogen) atoms. The van der Waals surface area contributed by atoms with Gasteiger partial charge in [-0.1, -0.05) is 45.0 Å². The van der Waals surface area contributed by atoms with Crippen LogP contribution in [-0.4, -0.2) is 49.0 Å². The van der Waals surface area contributed by atoms with Gasteiger partial charge in [0.2, 0.25) is 5.91 Å². The summed E-state index contributed by atoms with van der Waals surface area (Å²) >= 11 is 0. The van der Waals surface area contributed by atoms with Crippen molar-refractivity contribution in [2.24, 2.45) is 0 Å². The highest BCUT2D eigenvalue weighted by atomic mass is 16.6. The number of hydrogen-bond acceptors (Lipinski definition) is 3. The maximum atomic E-state index is 11.9. The molecule has 0 radical (unpaired) electrons. The third-order valence-corrected chi connectivity index (χ3v) is 3.82. The first-order valence-electron chi connectivity index (χ1n) is 8.05. The summed E-state index contributed by atoms with van der Waals surface area (Å²) in [5.74, 6) is 0.553. The lowest BCUT2D eigenvalue weighted by Crippen LogP contribution is -2.37. The maximum Gasteiger partial charge on any atom is 0.409 e. The van der Waals surface area contributed by atoms with Crippen LogP contribution >= 0.6 is 0 Å². The lowest BCUT2D eigenvalue weighted by molar-refractivity contribution is -0.129. The van der Waals surface area contributed by atoms with Gasteiger partial charge in [0, 0.05) is 33.6 Å². The summed E-state index contributed by atoms with van der Waals surface area (Å²) in [5, 5.41) is 0. The molecule has 2 amide bonds. The van der Waals surface area contributed by atoms with Crippen LogP contribution < -0.4 is 0 Å². The number of ether oxygens (including phenoxy) is 1. The van der Waals surface area contributed by atoms with Gasteiger partial charge in [0.1, 0.15) is 6.61 Å². The molecular formula is C18H28N2O3. The van der Waals surface area contributed by atoms with Gasteiger partial charge in [0.05, 0.1) is 0 Å². The highest BCUT2D eigenvalue weighted by Gasteiger charge is 2.13. The van der Waals surface area contributed by atoms with Crippen LogP contribution in [0.1, 0.15) is 44.2 Å². The summed E-state index contributed by atoms with van der Waals surface area (Å²) in [7, 11) is 3.41. The molecule has 0 bridgehead atoms. The molecule has 0 N–H and O–H groups in total. The molecule has 1 rings (SSSR count). The molecule has 0 saturated carbocycles. The lowest BCUT2D eigenvalue weighted by atomic mass is 10.0. The Bertz CT molecular complexity index is 512. The zero-order chi connectivity index (χ0) is 17.4. The van der Waals surface area contributed by atoms with Crippen LogP contribution in [0.3, 0.4) is 0 Å². The van der Waals surface area contributed by atoms with E-state index >= 15 is 0 Å². The fraction of sp³-hybridized carbons (Fsp3) is 0.556. The number of amides is 2. The number of likely N-dealkylation sites (N-methyl/N-ethyl adjacent to an activating group) is 2. The van der Waals surface area contributed by atoms with Crippen molar-refractivity contribution in [3.05, 3.63) is 35.4 Å². The minimum atomic E-state index is -0.379. The maximum absolute atomic E-state index is 11.9. The zero-order valence-corrected chi connectivity index (χ0v) is 14.8. The second kappa shape index (κ2) is 9.18. The predicted molar refractivity (Wildman–Crippen MR) is 91.3 cm³/mol. The largest absolute Gasteiger partial charge is 0.445 e. The first-order chi connectivity index (χ1) is 10.8. The highest BCUT2D eigenvalue weighted by molar-refractivity contribution is 5.75. The average molecular weight is 320 g/mol. The van der Waals surface area contributed by atoms with Crippen LogP contribution in [0.5, 0.6) is 0 Å². The Morgan fingerprint density at radius 1 is 1.04 bits per heavy atom. The van der Waals surface area contributed by atoms with E-state index < -0.39 is 0 Å². The smallest absolute Gasteiger partial charge is 0.409 e. The molecule has 1 aromatic rings. The van der Waals surface area contributed by atoms with E-state index in [0.717, 1.165) is 5.56 Å². The topological polar surface area (TPSA) is 49.9 Å². The molecule has 1 aromatic carbocycles. The molecular weight excluding hydrogens is 292 g/mol. The van der Waals surface area contributed by atoms with E-state index in [1.807, 2.05) is 19.1 Å². The fourth-order valence-corrected chi connectivity index (χ4v) is 2.04. The van der Waals surface area contributed by atoms with E-state index in [9.17, 15) is 9.59 Å². The summed E-state index contributed by atoms with van der Waals surface area (Å²) in [6.45, 7) is 7.32. The van der Waals surface area contributed by atoms with Crippen molar-refractivity contribution in [3.63, 3.8) is 0 Å². The van der Waals surface area contributed by atoms with Crippen molar-refractivity contribution in [1.82, 2.24) is 9.80 Å². The van der Waals surface area contributed by atoms with Gasteiger partial charge in [-0.2, -0.15) is 0 Å². The summed E-state index contributed by atoms with van der Waals surface area (Å²) in [4.78, 5) is 26.5. The predicted octanol–water partition coefficient (Wildman–Crippen LogP) is 3.25. The van der Waals surface area contributed by atoms with E-state index in [0.29, 0.717) is 25.4 Å². The lowest BCUT2D eigenvalue weighted by Gasteiger charge is -2.21. The third-order valence-electron chi connectivity index (χ3n) is 3.82. The van der Waals surface area contributed by atoms with Crippen molar-refractivity contribution in [1.29, 1.82) is 0 Å². The Morgan fingerprint density at radius 2 is 1.61 bits per heavy atom. The van der Waals surface area contributed by atoms with Gasteiger partial charge in [-0.15, -0.1) is 0 Å². The second-order valence-corrected chi connectivity index (χ2v) is 6.04. The Hall–Kier alpha value is -2.04. The van der Waals surface area contributed by atoms with Gasteiger partial charge in [-0.3, -0.25) is 4.79 Å². The summed E-state index contributed by atoms with van der Waals surface area (Å²) < 4.78 is 5.29. The minimum absolute atomic E-state index is 0.0667. The van der Waals surface area contributed by atoms with Crippen LogP contribution in [0.25, 0.3) is 0 Å². The molecule has 128 valence electrons. The van der Waals surface area contributed by atoms with Crippen molar-refractivity contribution in [2.45, 2.75) is 39.7 Å². The van der Waals surface area contributed by atoms with Crippen LogP contribution in [0, 0.1) is 0 Å². The van der Waals surface area contributed by atoms with Crippen molar-refractivity contribution < 1.29 is 14.3 Å². The van der Waals surface area contributed by atoms with Gasteiger partial charge >= 0.3 is 6.09 Å². The Kier molecular flexibility index (Phi) is 7.59. The second-order valence-electron chi connectivity index (χ2n) is 6.04. The van der Waals surface area contributed by atoms with Gasteiger partial charge in [-0.05, 0) is 17.0 Å². The Morgan fingerprint density at radius 3 is 2.13 bits per heavy atom. The SMILES string of the molecule is CCC(=O)N(C)CCN(C)C(=O)OCc1ccc(C(C)C)cc1. The number of rotatable bonds is 7. The summed E-state index contributed by atoms with van der Waals surface area (Å²) in [6, 6.07) is 8.08. The number of carbonyl (C=O) groups excluding carboxylic acids is 2. The van der Waals surface area contributed by atoms with Crippen molar-refractivity contribution in [2.75, 3.05) is 27.2 Å². The van der Waals surface area contributed by atoms with Gasteiger partial charge in [0.25, 0.3) is 0 Å². The van der Waals surface area contributed by atoms with Crippen LogP contribution in [0.15, 0.2) is 24.3 Å². The minimum Gasteiger partial charge on any atom is -0.445 e. The molecule has 0 saturated heterocycles. The van der Waals surface area contributed by atoms with Crippen LogP contribution in [0.2, 0.25) is 0 Å². The van der Waals surface area contributed by atoms with E-state index in [-0.39, 0.29) is 18.6 Å². The molecule has 0 aromatic heterocycles. The quantitative estimate of drug-likeness (QED) is 0.775. The number of benzene rings is 1. The Balaban J connectivity index is 2.39. The molecule has 0 aliphatic heterocycles. The Labute approximate surface area is 139 Å². The van der Waals surface area contributed by atoms with Gasteiger partial charge in [0.15, 0.2) is 0 Å². The van der Waals surface area contributed by atoms with Gasteiger partial charge in [-0.25, -0.2) is 4.79 Å². The van der Waals surface area contributed by atoms with Crippen LogP contribution in [0.4, 0.5) is 4.79 Å². The molecule has 0 spiro atoms. The average Bonchev–Trinajstić information content (AvgIpc) is 2.56. The summed E-state index contributed by atoms with van der Waals surface area (Å²) in [6.07, 6.45) is 0.0899. The zero-order valence-electron chi connectivity index (χ0n) is 14.8. The molecule has 5 heteroatoms. The molecule has 5 nitrogen and oxygen atoms in total. The van der Waals surface area contributed by atoms with E-state index in [1.54, 1.807) is 19.0 Å². The fourth-order valence-electron chi connectivity index (χ4n) is 2.04. The third kappa shape index (κ3) is 6.30. The van der Waals surface area contributed by atoms with Gasteiger partial charge < -0.3 is 14.5 Å². The molecule has 0 aliphatic carbocycles. The standard InChI is InChI=1S/C18H28N2O3/c1-6-17(21)19(4)11-12-20(5)18(22)23-13-15-7-9-16(10-8-15)14(2)3/h7-10,14H,6,11-13H2,1-5H3. The first-order valence-corrected chi connectivity index (χ1v) is 8.05. The molecule has 0 unspecified atom stereocenters. The number of nitrogens with zero attached hydrogens (tertiary/aromatic N) is 2. The van der Waals surface area contributed by atoms with E-state index in [2.05, 4.69) is 26.0 Å². The normalized spacial score (nSPS) is 10.5. The first kappa shape index (κ1) is 19.0. The molecule has 0 atom stereocenters. The van der Waals surface area contributed by atoms with E-state index in [1.165, 1.54) is 10.5 Å².